The van der Waals surface area contributed by atoms with Crippen molar-refractivity contribution in [3.8, 4) is 0 Å². The standard InChI is InChI=1S/C12H19NO3.C9H10F3NO2/c1-12(2,3)16-11(15)13-6-8-4-10(14)5-9(8)7-13;10-9(11,12)8(15)13-3-5-1-7(14)2-6(5)4-13/h8-9H,4-7H2,1-3H3;5-6H,1-4H2/t8-,9+;5-,6+. The van der Waals surface area contributed by atoms with Gasteiger partial charge in [-0.05, 0) is 44.4 Å². The van der Waals surface area contributed by atoms with Crippen LogP contribution in [0.4, 0.5) is 18.0 Å². The number of likely N-dealkylation sites (tertiary alicyclic amines) is 2. The fourth-order valence-corrected chi connectivity index (χ4v) is 4.96. The molecule has 0 aromatic rings. The van der Waals surface area contributed by atoms with E-state index >= 15 is 0 Å². The van der Waals surface area contributed by atoms with Crippen molar-refractivity contribution in [3.05, 3.63) is 0 Å². The number of amides is 2. The molecule has 7 nitrogen and oxygen atoms in total. The molecule has 0 unspecified atom stereocenters. The first-order valence-electron chi connectivity index (χ1n) is 10.6. The molecule has 0 aromatic carbocycles. The average molecular weight is 446 g/mol. The van der Waals surface area contributed by atoms with Crippen LogP contribution in [0.3, 0.4) is 0 Å². The Balaban J connectivity index is 0.000000176. The number of halogens is 3. The van der Waals surface area contributed by atoms with Crippen LogP contribution in [0.25, 0.3) is 0 Å². The van der Waals surface area contributed by atoms with E-state index in [9.17, 15) is 32.3 Å². The molecule has 0 aromatic heterocycles. The van der Waals surface area contributed by atoms with Crippen LogP contribution < -0.4 is 0 Å². The summed E-state index contributed by atoms with van der Waals surface area (Å²) in [6.07, 6.45) is -3.09. The maximum Gasteiger partial charge on any atom is 0.471 e. The van der Waals surface area contributed by atoms with Crippen LogP contribution in [0.5, 0.6) is 0 Å². The molecule has 2 saturated heterocycles. The molecule has 0 bridgehead atoms. The molecule has 4 aliphatic rings. The van der Waals surface area contributed by atoms with Crippen LogP contribution in [0.15, 0.2) is 0 Å². The van der Waals surface area contributed by atoms with E-state index in [1.807, 2.05) is 20.8 Å². The molecule has 10 heteroatoms. The second kappa shape index (κ2) is 8.43. The molecule has 2 saturated carbocycles. The van der Waals surface area contributed by atoms with Gasteiger partial charge >= 0.3 is 18.2 Å². The number of rotatable bonds is 0. The summed E-state index contributed by atoms with van der Waals surface area (Å²) in [6, 6.07) is 0. The number of carbonyl (C=O) groups excluding carboxylic acids is 4. The summed E-state index contributed by atoms with van der Waals surface area (Å²) in [5.41, 5.74) is -0.440. The van der Waals surface area contributed by atoms with Gasteiger partial charge in [-0.3, -0.25) is 14.4 Å². The Bertz CT molecular complexity index is 729. The highest BCUT2D eigenvalue weighted by Gasteiger charge is 2.49. The number of hydrogen-bond donors (Lipinski definition) is 0. The fraction of sp³-hybridized carbons (Fsp3) is 0.810. The second-order valence-corrected chi connectivity index (χ2v) is 10.0. The summed E-state index contributed by atoms with van der Waals surface area (Å²) in [4.78, 5) is 47.5. The van der Waals surface area contributed by atoms with Gasteiger partial charge < -0.3 is 14.5 Å². The molecule has 2 aliphatic heterocycles. The van der Waals surface area contributed by atoms with Crippen molar-refractivity contribution in [1.82, 2.24) is 9.80 Å². The predicted molar refractivity (Wildman–Crippen MR) is 103 cm³/mol. The lowest BCUT2D eigenvalue weighted by atomic mass is 10.0. The quantitative estimate of drug-likeness (QED) is 0.571. The lowest BCUT2D eigenvalue weighted by Gasteiger charge is -2.24. The smallest absolute Gasteiger partial charge is 0.444 e. The Morgan fingerprint density at radius 1 is 0.774 bits per heavy atom. The van der Waals surface area contributed by atoms with Gasteiger partial charge in [-0.1, -0.05) is 0 Å². The van der Waals surface area contributed by atoms with Crippen molar-refractivity contribution in [3.63, 3.8) is 0 Å². The van der Waals surface area contributed by atoms with E-state index in [0.717, 1.165) is 4.90 Å². The highest BCUT2D eigenvalue weighted by atomic mass is 19.4. The van der Waals surface area contributed by atoms with Gasteiger partial charge in [0.25, 0.3) is 0 Å². The Hall–Kier alpha value is -2.13. The molecule has 174 valence electrons. The van der Waals surface area contributed by atoms with Crippen molar-refractivity contribution in [2.45, 2.75) is 58.2 Å². The van der Waals surface area contributed by atoms with Crippen LogP contribution in [0, 0.1) is 23.7 Å². The third-order valence-electron chi connectivity index (χ3n) is 6.29. The number of ether oxygens (including phenoxy) is 1. The molecule has 4 fully saturated rings. The largest absolute Gasteiger partial charge is 0.471 e. The van der Waals surface area contributed by atoms with Gasteiger partial charge in [0.2, 0.25) is 0 Å². The molecular formula is C21H29F3N2O5. The van der Waals surface area contributed by atoms with Crippen molar-refractivity contribution in [1.29, 1.82) is 0 Å². The first-order chi connectivity index (χ1) is 14.2. The van der Waals surface area contributed by atoms with E-state index in [4.69, 9.17) is 4.74 Å². The van der Waals surface area contributed by atoms with Crippen LogP contribution in [0.1, 0.15) is 46.5 Å². The summed E-state index contributed by atoms with van der Waals surface area (Å²) in [5.74, 6) is -0.681. The van der Waals surface area contributed by atoms with Crippen LogP contribution in [0.2, 0.25) is 0 Å². The van der Waals surface area contributed by atoms with Crippen molar-refractivity contribution < 1.29 is 37.1 Å². The third-order valence-corrected chi connectivity index (χ3v) is 6.29. The van der Waals surface area contributed by atoms with Crippen LogP contribution >= 0.6 is 0 Å². The highest BCUT2D eigenvalue weighted by Crippen LogP contribution is 2.37. The zero-order valence-electron chi connectivity index (χ0n) is 18.0. The minimum Gasteiger partial charge on any atom is -0.444 e. The van der Waals surface area contributed by atoms with Crippen LogP contribution in [-0.2, 0) is 19.1 Å². The Kier molecular flexibility index (Phi) is 6.40. The van der Waals surface area contributed by atoms with E-state index in [-0.39, 0.29) is 36.8 Å². The Morgan fingerprint density at radius 2 is 1.13 bits per heavy atom. The first-order valence-corrected chi connectivity index (χ1v) is 10.6. The molecule has 2 aliphatic carbocycles. The minimum absolute atomic E-state index is 0.0520. The monoisotopic (exact) mass is 446 g/mol. The maximum atomic E-state index is 12.1. The molecule has 0 radical (unpaired) electrons. The maximum absolute atomic E-state index is 12.1. The lowest BCUT2D eigenvalue weighted by Crippen LogP contribution is -2.40. The van der Waals surface area contributed by atoms with Gasteiger partial charge in [-0.2, -0.15) is 13.2 Å². The number of carbonyl (C=O) groups is 4. The Morgan fingerprint density at radius 3 is 1.45 bits per heavy atom. The van der Waals surface area contributed by atoms with Gasteiger partial charge in [0.1, 0.15) is 17.2 Å². The fourth-order valence-electron chi connectivity index (χ4n) is 4.96. The molecule has 0 N–H and O–H groups in total. The molecule has 2 heterocycles. The second-order valence-electron chi connectivity index (χ2n) is 10.0. The van der Waals surface area contributed by atoms with Gasteiger partial charge in [-0.25, -0.2) is 4.79 Å². The third kappa shape index (κ3) is 5.77. The first kappa shape index (κ1) is 23.5. The number of fused-ring (bicyclic) bond motifs is 2. The number of ketones is 2. The van der Waals surface area contributed by atoms with Crippen LogP contribution in [-0.4, -0.2) is 71.3 Å². The summed E-state index contributed by atoms with van der Waals surface area (Å²) in [5, 5.41) is 0. The topological polar surface area (TPSA) is 84.0 Å². The molecular weight excluding hydrogens is 417 g/mol. The van der Waals surface area contributed by atoms with E-state index in [1.54, 1.807) is 4.90 Å². The van der Waals surface area contributed by atoms with Crippen molar-refractivity contribution in [2.75, 3.05) is 26.2 Å². The molecule has 4 atom stereocenters. The Labute approximate surface area is 179 Å². The average Bonchev–Trinajstić information content (AvgIpc) is 3.30. The molecule has 2 amide bonds. The number of Topliss-reactive ketones (excluding diaryl/α,β-unsaturated/α-hetero) is 2. The van der Waals surface area contributed by atoms with Crippen molar-refractivity contribution in [2.24, 2.45) is 23.7 Å². The van der Waals surface area contributed by atoms with Gasteiger partial charge in [0.05, 0.1) is 0 Å². The molecule has 0 spiro atoms. The van der Waals surface area contributed by atoms with E-state index < -0.39 is 17.7 Å². The van der Waals surface area contributed by atoms with Crippen molar-refractivity contribution >= 4 is 23.6 Å². The van der Waals surface area contributed by atoms with E-state index in [2.05, 4.69) is 0 Å². The van der Waals surface area contributed by atoms with E-state index in [0.29, 0.717) is 56.4 Å². The highest BCUT2D eigenvalue weighted by molar-refractivity contribution is 5.84. The lowest BCUT2D eigenvalue weighted by molar-refractivity contribution is -0.184. The molecule has 4 rings (SSSR count). The SMILES string of the molecule is CC(C)(C)OC(=O)N1C[C@H]2CC(=O)C[C@H]2C1.O=C1C[C@@H]2CN(C(=O)C(F)(F)F)C[C@@H]2C1. The van der Waals surface area contributed by atoms with Gasteiger partial charge in [-0.15, -0.1) is 0 Å². The van der Waals surface area contributed by atoms with E-state index in [1.165, 1.54) is 0 Å². The summed E-state index contributed by atoms with van der Waals surface area (Å²) < 4.78 is 41.6. The zero-order chi connectivity index (χ0) is 23.1. The number of nitrogens with zero attached hydrogens (tertiary/aromatic N) is 2. The predicted octanol–water partition coefficient (Wildman–Crippen LogP) is 2.82. The zero-order valence-corrected chi connectivity index (χ0v) is 18.0. The molecule has 31 heavy (non-hydrogen) atoms. The van der Waals surface area contributed by atoms with Gasteiger partial charge in [0, 0.05) is 51.9 Å². The summed E-state index contributed by atoms with van der Waals surface area (Å²) in [7, 11) is 0. The summed E-state index contributed by atoms with van der Waals surface area (Å²) in [6.45, 7) is 7.13. The number of hydrogen-bond acceptors (Lipinski definition) is 5. The normalized spacial score (nSPS) is 30.1. The minimum atomic E-state index is -4.79. The number of alkyl halides is 3. The summed E-state index contributed by atoms with van der Waals surface area (Å²) >= 11 is 0. The van der Waals surface area contributed by atoms with Gasteiger partial charge in [0.15, 0.2) is 0 Å².